The van der Waals surface area contributed by atoms with E-state index in [2.05, 4.69) is 58.9 Å². The van der Waals surface area contributed by atoms with E-state index in [0.717, 1.165) is 18.7 Å². The van der Waals surface area contributed by atoms with Gasteiger partial charge in [-0.15, -0.1) is 0 Å². The molecule has 0 spiro atoms. The van der Waals surface area contributed by atoms with Crippen molar-refractivity contribution >= 4 is 21.6 Å². The second-order valence-electron chi connectivity index (χ2n) is 4.60. The Hall–Kier alpha value is -1.35. The number of hydrogen-bond acceptors (Lipinski definition) is 1. The van der Waals surface area contributed by atoms with E-state index in [1.165, 1.54) is 17.3 Å². The molecule has 0 aliphatic carbocycles. The summed E-state index contributed by atoms with van der Waals surface area (Å²) < 4.78 is 13.8. The van der Waals surface area contributed by atoms with Gasteiger partial charge in [-0.3, -0.25) is 0 Å². The van der Waals surface area contributed by atoms with Crippen LogP contribution in [-0.4, -0.2) is 6.54 Å². The minimum atomic E-state index is -0.220. The third kappa shape index (κ3) is 3.57. The van der Waals surface area contributed by atoms with E-state index >= 15 is 0 Å². The minimum absolute atomic E-state index is 0.220. The normalized spacial score (nSPS) is 10.5. The predicted octanol–water partition coefficient (Wildman–Crippen LogP) is 4.92. The summed E-state index contributed by atoms with van der Waals surface area (Å²) in [5, 5.41) is 0. The zero-order chi connectivity index (χ0) is 13.8. The molecule has 0 N–H and O–H groups in total. The van der Waals surface area contributed by atoms with Gasteiger partial charge in [0, 0.05) is 18.8 Å². The largest absolute Gasteiger partial charge is 0.367 e. The third-order valence-electron chi connectivity index (χ3n) is 3.11. The van der Waals surface area contributed by atoms with Crippen molar-refractivity contribution in [2.75, 3.05) is 11.4 Å². The highest BCUT2D eigenvalue weighted by atomic mass is 79.9. The number of nitrogens with zero attached hydrogens (tertiary/aromatic N) is 1. The molecule has 0 amide bonds. The Balaban J connectivity index is 2.21. The fourth-order valence-corrected chi connectivity index (χ4v) is 2.49. The van der Waals surface area contributed by atoms with Gasteiger partial charge < -0.3 is 4.90 Å². The van der Waals surface area contributed by atoms with Crippen molar-refractivity contribution in [3.63, 3.8) is 0 Å². The van der Waals surface area contributed by atoms with Gasteiger partial charge in [-0.05, 0) is 65.2 Å². The summed E-state index contributed by atoms with van der Waals surface area (Å²) in [6.45, 7) is 5.91. The van der Waals surface area contributed by atoms with Crippen molar-refractivity contribution in [1.82, 2.24) is 0 Å². The standard InChI is InChI=1S/C16H17BrFN/c1-3-19(14-6-4-5-12(2)9-14)11-13-7-8-16(18)15(17)10-13/h4-10H,3,11H2,1-2H3. The Labute approximate surface area is 122 Å². The van der Waals surface area contributed by atoms with Gasteiger partial charge in [-0.2, -0.15) is 0 Å². The zero-order valence-corrected chi connectivity index (χ0v) is 12.7. The second kappa shape index (κ2) is 6.20. The molecule has 0 fully saturated rings. The maximum atomic E-state index is 13.2. The molecule has 0 aliphatic rings. The van der Waals surface area contributed by atoms with Crippen LogP contribution in [-0.2, 0) is 6.54 Å². The lowest BCUT2D eigenvalue weighted by Crippen LogP contribution is -2.22. The Morgan fingerprint density at radius 2 is 1.95 bits per heavy atom. The van der Waals surface area contributed by atoms with Crippen LogP contribution in [0.3, 0.4) is 0 Å². The van der Waals surface area contributed by atoms with Gasteiger partial charge in [0.15, 0.2) is 0 Å². The maximum Gasteiger partial charge on any atom is 0.137 e. The number of anilines is 1. The average molecular weight is 322 g/mol. The van der Waals surface area contributed by atoms with Crippen molar-refractivity contribution < 1.29 is 4.39 Å². The molecule has 0 unspecified atom stereocenters. The molecule has 100 valence electrons. The van der Waals surface area contributed by atoms with E-state index in [9.17, 15) is 4.39 Å². The number of benzene rings is 2. The van der Waals surface area contributed by atoms with Crippen LogP contribution >= 0.6 is 15.9 Å². The molecule has 2 rings (SSSR count). The fraction of sp³-hybridized carbons (Fsp3) is 0.250. The molecule has 0 atom stereocenters. The summed E-state index contributed by atoms with van der Waals surface area (Å²) in [6, 6.07) is 13.6. The van der Waals surface area contributed by atoms with Crippen molar-refractivity contribution in [3.05, 3.63) is 63.9 Å². The van der Waals surface area contributed by atoms with Gasteiger partial charge in [0.05, 0.1) is 4.47 Å². The first-order valence-electron chi connectivity index (χ1n) is 6.35. The van der Waals surface area contributed by atoms with Crippen LogP contribution in [0.4, 0.5) is 10.1 Å². The SMILES string of the molecule is CCN(Cc1ccc(F)c(Br)c1)c1cccc(C)c1. The van der Waals surface area contributed by atoms with Crippen LogP contribution in [0.2, 0.25) is 0 Å². The predicted molar refractivity (Wildman–Crippen MR) is 82.0 cm³/mol. The molecule has 1 nitrogen and oxygen atoms in total. The lowest BCUT2D eigenvalue weighted by Gasteiger charge is -2.23. The molecule has 2 aromatic rings. The van der Waals surface area contributed by atoms with Gasteiger partial charge in [-0.25, -0.2) is 4.39 Å². The van der Waals surface area contributed by atoms with Crippen molar-refractivity contribution in [1.29, 1.82) is 0 Å². The smallest absolute Gasteiger partial charge is 0.137 e. The molecule has 3 heteroatoms. The Bertz CT molecular complexity index is 568. The summed E-state index contributed by atoms with van der Waals surface area (Å²) in [7, 11) is 0. The molecule has 2 aromatic carbocycles. The first-order chi connectivity index (χ1) is 9.10. The van der Waals surface area contributed by atoms with Gasteiger partial charge >= 0.3 is 0 Å². The Kier molecular flexibility index (Phi) is 4.59. The van der Waals surface area contributed by atoms with E-state index < -0.39 is 0 Å². The molecule has 0 saturated heterocycles. The zero-order valence-electron chi connectivity index (χ0n) is 11.2. The highest BCUT2D eigenvalue weighted by Gasteiger charge is 2.07. The van der Waals surface area contributed by atoms with Crippen LogP contribution in [0.15, 0.2) is 46.9 Å². The number of hydrogen-bond donors (Lipinski definition) is 0. The molecule has 0 bridgehead atoms. The van der Waals surface area contributed by atoms with Crippen LogP contribution in [0.1, 0.15) is 18.1 Å². The number of aryl methyl sites for hydroxylation is 1. The summed E-state index contributed by atoms with van der Waals surface area (Å²) in [5.41, 5.74) is 3.54. The average Bonchev–Trinajstić information content (AvgIpc) is 2.40. The molecule has 0 radical (unpaired) electrons. The number of halogens is 2. The number of rotatable bonds is 4. The summed E-state index contributed by atoms with van der Waals surface area (Å²) in [6.07, 6.45) is 0. The van der Waals surface area contributed by atoms with Crippen LogP contribution < -0.4 is 4.90 Å². The molecule has 0 heterocycles. The molecule has 19 heavy (non-hydrogen) atoms. The van der Waals surface area contributed by atoms with E-state index in [1.54, 1.807) is 0 Å². The molecule has 0 aromatic heterocycles. The summed E-state index contributed by atoms with van der Waals surface area (Å²) in [5.74, 6) is -0.220. The monoisotopic (exact) mass is 321 g/mol. The van der Waals surface area contributed by atoms with Crippen molar-refractivity contribution in [3.8, 4) is 0 Å². The topological polar surface area (TPSA) is 3.24 Å². The quantitative estimate of drug-likeness (QED) is 0.772. The summed E-state index contributed by atoms with van der Waals surface area (Å²) in [4.78, 5) is 2.27. The second-order valence-corrected chi connectivity index (χ2v) is 5.46. The van der Waals surface area contributed by atoms with Gasteiger partial charge in [0.1, 0.15) is 5.82 Å². The van der Waals surface area contributed by atoms with E-state index in [0.29, 0.717) is 4.47 Å². The lowest BCUT2D eigenvalue weighted by atomic mass is 10.1. The van der Waals surface area contributed by atoms with E-state index in [-0.39, 0.29) is 5.82 Å². The third-order valence-corrected chi connectivity index (χ3v) is 3.71. The fourth-order valence-electron chi connectivity index (χ4n) is 2.07. The Morgan fingerprint density at radius 1 is 1.16 bits per heavy atom. The van der Waals surface area contributed by atoms with Crippen molar-refractivity contribution in [2.24, 2.45) is 0 Å². The molecule has 0 saturated carbocycles. The highest BCUT2D eigenvalue weighted by molar-refractivity contribution is 9.10. The van der Waals surface area contributed by atoms with Crippen molar-refractivity contribution in [2.45, 2.75) is 20.4 Å². The molecule has 0 aliphatic heterocycles. The van der Waals surface area contributed by atoms with Gasteiger partial charge in [0.25, 0.3) is 0 Å². The van der Waals surface area contributed by atoms with Crippen LogP contribution in [0.25, 0.3) is 0 Å². The van der Waals surface area contributed by atoms with Crippen LogP contribution in [0.5, 0.6) is 0 Å². The van der Waals surface area contributed by atoms with Gasteiger partial charge in [-0.1, -0.05) is 18.2 Å². The molecular weight excluding hydrogens is 305 g/mol. The summed E-state index contributed by atoms with van der Waals surface area (Å²) >= 11 is 3.23. The van der Waals surface area contributed by atoms with E-state index in [1.807, 2.05) is 12.1 Å². The van der Waals surface area contributed by atoms with E-state index in [4.69, 9.17) is 0 Å². The maximum absolute atomic E-state index is 13.2. The first-order valence-corrected chi connectivity index (χ1v) is 7.15. The van der Waals surface area contributed by atoms with Gasteiger partial charge in [0.2, 0.25) is 0 Å². The minimum Gasteiger partial charge on any atom is -0.367 e. The lowest BCUT2D eigenvalue weighted by molar-refractivity contribution is 0.620. The molecular formula is C16H17BrFN. The first kappa shape index (κ1) is 14.1. The van der Waals surface area contributed by atoms with Crippen LogP contribution in [0, 0.1) is 12.7 Å². The highest BCUT2D eigenvalue weighted by Crippen LogP contribution is 2.21. The Morgan fingerprint density at radius 3 is 2.58 bits per heavy atom.